The molecule has 0 aromatic heterocycles. The van der Waals surface area contributed by atoms with Crippen LogP contribution in [0.1, 0.15) is 6.92 Å². The maximum Gasteiger partial charge on any atom is 0.404 e. The Balaban J connectivity index is 1.84. The third kappa shape index (κ3) is 1.95. The summed E-state index contributed by atoms with van der Waals surface area (Å²) in [5.41, 5.74) is 10.1. The van der Waals surface area contributed by atoms with Crippen LogP contribution in [-0.2, 0) is 23.9 Å². The Morgan fingerprint density at radius 2 is 2.04 bits per heavy atom. The molecule has 148 valence electrons. The van der Waals surface area contributed by atoms with Crippen molar-refractivity contribution < 1.29 is 28.7 Å². The molecule has 2 fully saturated rings. The first-order valence-corrected chi connectivity index (χ1v) is 8.72. The summed E-state index contributed by atoms with van der Waals surface area (Å²) < 4.78 is 10.9. The fourth-order valence-electron chi connectivity index (χ4n) is 4.88. The molecule has 2 amide bonds. The highest BCUT2D eigenvalue weighted by Gasteiger charge is 2.77. The molecule has 0 aromatic carbocycles. The summed E-state index contributed by atoms with van der Waals surface area (Å²) in [5, 5.41) is 0. The molecule has 0 spiro atoms. The third-order valence-corrected chi connectivity index (χ3v) is 6.12. The topological polar surface area (TPSA) is 145 Å². The first kappa shape index (κ1) is 18.2. The van der Waals surface area contributed by atoms with Crippen molar-refractivity contribution in [3.63, 3.8) is 0 Å². The molecule has 1 unspecified atom stereocenters. The van der Waals surface area contributed by atoms with Crippen LogP contribution in [0, 0.1) is 5.92 Å². The molecule has 3 aliphatic heterocycles. The van der Waals surface area contributed by atoms with E-state index in [0.717, 1.165) is 0 Å². The Morgan fingerprint density at radius 3 is 2.61 bits per heavy atom. The van der Waals surface area contributed by atoms with Crippen molar-refractivity contribution in [2.45, 2.75) is 24.7 Å². The maximum absolute atomic E-state index is 13.0. The average molecular weight is 388 g/mol. The number of rotatable bonds is 4. The van der Waals surface area contributed by atoms with Gasteiger partial charge in [0.05, 0.1) is 23.4 Å². The van der Waals surface area contributed by atoms with E-state index in [1.807, 2.05) is 0 Å². The average Bonchev–Trinajstić information content (AvgIpc) is 3.17. The molecular formula is C18H20N4O6. The van der Waals surface area contributed by atoms with Gasteiger partial charge < -0.3 is 30.7 Å². The molecule has 1 aliphatic carbocycles. The summed E-state index contributed by atoms with van der Waals surface area (Å²) in [6.45, 7) is 5.01. The fraction of sp³-hybridized carbons (Fsp3) is 0.444. The van der Waals surface area contributed by atoms with Crippen LogP contribution in [0.5, 0.6) is 0 Å². The van der Waals surface area contributed by atoms with E-state index < -0.39 is 29.6 Å². The lowest BCUT2D eigenvalue weighted by Crippen LogP contribution is -2.56. The lowest BCUT2D eigenvalue weighted by molar-refractivity contribution is -0.151. The zero-order valence-corrected chi connectivity index (χ0v) is 15.4. The molecule has 10 heteroatoms. The van der Waals surface area contributed by atoms with Gasteiger partial charge in [-0.3, -0.25) is 14.4 Å². The highest BCUT2D eigenvalue weighted by molar-refractivity contribution is 6.25. The molecule has 4 aliphatic rings. The minimum atomic E-state index is -1.24. The second-order valence-electron chi connectivity index (χ2n) is 7.17. The van der Waals surface area contributed by atoms with Crippen molar-refractivity contribution in [2.24, 2.45) is 17.4 Å². The number of hydrogen-bond acceptors (Lipinski definition) is 8. The van der Waals surface area contributed by atoms with Crippen LogP contribution in [0.2, 0.25) is 0 Å². The van der Waals surface area contributed by atoms with Gasteiger partial charge in [-0.15, -0.1) is 0 Å². The Morgan fingerprint density at radius 1 is 1.36 bits per heavy atom. The van der Waals surface area contributed by atoms with Crippen LogP contribution in [0.4, 0.5) is 4.79 Å². The van der Waals surface area contributed by atoms with E-state index in [1.165, 1.54) is 20.1 Å². The number of hydrogen-bond donors (Lipinski definition) is 2. The highest BCUT2D eigenvalue weighted by atomic mass is 16.6. The third-order valence-electron chi connectivity index (χ3n) is 6.12. The number of carbonyl (C=O) groups excluding carboxylic acids is 4. The van der Waals surface area contributed by atoms with Crippen molar-refractivity contribution in [1.82, 2.24) is 9.80 Å². The molecule has 4 rings (SSSR count). The van der Waals surface area contributed by atoms with E-state index in [2.05, 4.69) is 6.58 Å². The van der Waals surface area contributed by atoms with Crippen LogP contribution in [0.25, 0.3) is 0 Å². The smallest absolute Gasteiger partial charge is 0.404 e. The number of piperazine rings is 1. The van der Waals surface area contributed by atoms with Gasteiger partial charge >= 0.3 is 6.09 Å². The van der Waals surface area contributed by atoms with Gasteiger partial charge in [-0.1, -0.05) is 6.58 Å². The van der Waals surface area contributed by atoms with Gasteiger partial charge in [0.1, 0.15) is 12.6 Å². The summed E-state index contributed by atoms with van der Waals surface area (Å²) in [7, 11) is 1.43. The van der Waals surface area contributed by atoms with Gasteiger partial charge in [0.2, 0.25) is 17.5 Å². The predicted molar refractivity (Wildman–Crippen MR) is 94.0 cm³/mol. The van der Waals surface area contributed by atoms with Crippen LogP contribution >= 0.6 is 0 Å². The Bertz CT molecular complexity index is 921. The zero-order valence-electron chi connectivity index (χ0n) is 15.4. The van der Waals surface area contributed by atoms with Gasteiger partial charge in [0.15, 0.2) is 5.72 Å². The van der Waals surface area contributed by atoms with Crippen molar-refractivity contribution >= 4 is 23.6 Å². The first-order chi connectivity index (χ1) is 13.2. The van der Waals surface area contributed by atoms with E-state index in [-0.39, 0.29) is 46.9 Å². The number of allylic oxidation sites excluding steroid dienone is 2. The first-order valence-electron chi connectivity index (χ1n) is 8.72. The van der Waals surface area contributed by atoms with E-state index in [9.17, 15) is 19.2 Å². The molecule has 0 radical (unpaired) electrons. The molecular weight excluding hydrogens is 368 g/mol. The number of nitrogens with two attached hydrogens (primary N) is 2. The second-order valence-corrected chi connectivity index (χ2v) is 7.17. The van der Waals surface area contributed by atoms with E-state index in [0.29, 0.717) is 6.54 Å². The lowest BCUT2D eigenvalue weighted by atomic mass is 9.82. The number of ketones is 2. The molecule has 4 atom stereocenters. The Hall–Kier alpha value is -3.14. The number of methoxy groups -OCH3 is 1. The maximum atomic E-state index is 13.0. The van der Waals surface area contributed by atoms with Gasteiger partial charge in [0, 0.05) is 24.8 Å². The van der Waals surface area contributed by atoms with Crippen LogP contribution in [-0.4, -0.2) is 71.4 Å². The summed E-state index contributed by atoms with van der Waals surface area (Å²) >= 11 is 0. The molecule has 4 N–H and O–H groups in total. The Labute approximate surface area is 160 Å². The lowest BCUT2D eigenvalue weighted by Gasteiger charge is -2.40. The highest BCUT2D eigenvalue weighted by Crippen LogP contribution is 2.59. The molecule has 2 saturated heterocycles. The van der Waals surface area contributed by atoms with Gasteiger partial charge in [-0.25, -0.2) is 4.79 Å². The van der Waals surface area contributed by atoms with Gasteiger partial charge in [-0.2, -0.15) is 0 Å². The standard InChI is InChI=1S/C18H20N4O6/c1-4-10(23)22-9-5-21-13-11(15(25)12(19)7(2)14(13)24)8(6-28-17(20)26)18(21,27-3)16(9)22/h4,8-9,16H,1,5-6,19H2,2-3H3,(H2,20,26)/t8-,9?,16+,18-,22?/m1/s1. The second kappa shape index (κ2) is 5.68. The number of fused-ring (bicyclic) bond motifs is 4. The minimum absolute atomic E-state index is 0.132. The predicted octanol–water partition coefficient (Wildman–Crippen LogP) is -1.23. The molecule has 28 heavy (non-hydrogen) atoms. The normalized spacial score (nSPS) is 33.0. The molecule has 0 aromatic rings. The molecule has 0 saturated carbocycles. The van der Waals surface area contributed by atoms with Crippen LogP contribution in [0.15, 0.2) is 35.2 Å². The molecule has 0 bridgehead atoms. The van der Waals surface area contributed by atoms with Crippen molar-refractivity contribution in [1.29, 1.82) is 0 Å². The van der Waals surface area contributed by atoms with Crippen LogP contribution in [0.3, 0.4) is 0 Å². The monoisotopic (exact) mass is 388 g/mol. The number of nitrogens with zero attached hydrogens (tertiary/aromatic N) is 2. The van der Waals surface area contributed by atoms with Gasteiger partial charge in [-0.05, 0) is 13.0 Å². The summed E-state index contributed by atoms with van der Waals surface area (Å²) in [6, 6.07) is -0.640. The zero-order chi connectivity index (χ0) is 20.5. The summed E-state index contributed by atoms with van der Waals surface area (Å²) in [5.74, 6) is -1.99. The van der Waals surface area contributed by atoms with Crippen molar-refractivity contribution in [3.8, 4) is 0 Å². The van der Waals surface area contributed by atoms with Crippen molar-refractivity contribution in [2.75, 3.05) is 20.3 Å². The van der Waals surface area contributed by atoms with E-state index in [1.54, 1.807) is 9.80 Å². The summed E-state index contributed by atoms with van der Waals surface area (Å²) in [4.78, 5) is 52.7. The number of ether oxygens (including phenoxy) is 2. The fourth-order valence-corrected chi connectivity index (χ4v) is 4.88. The number of amides is 2. The number of primary amides is 1. The summed E-state index contributed by atoms with van der Waals surface area (Å²) in [6.07, 6.45) is 0.175. The molecule has 3 heterocycles. The quantitative estimate of drug-likeness (QED) is 0.346. The van der Waals surface area contributed by atoms with E-state index in [4.69, 9.17) is 20.9 Å². The number of carbonyl (C=O) groups is 4. The SMILES string of the molecule is C=CC(=O)N1C2CN3C4=C(C(=O)C(N)=C(C)C4=O)[C@@H](COC(N)=O)[C@@]3(OC)[C@H]21. The molecule has 10 nitrogen and oxygen atoms in total. The van der Waals surface area contributed by atoms with E-state index >= 15 is 0 Å². The Kier molecular flexibility index (Phi) is 3.70. The van der Waals surface area contributed by atoms with Crippen LogP contribution < -0.4 is 11.5 Å². The van der Waals surface area contributed by atoms with Gasteiger partial charge in [0.25, 0.3) is 0 Å². The minimum Gasteiger partial charge on any atom is -0.449 e. The largest absolute Gasteiger partial charge is 0.449 e. The van der Waals surface area contributed by atoms with Crippen molar-refractivity contribution in [3.05, 3.63) is 35.2 Å². The number of Topliss-reactive ketones (excluding diaryl/α,β-unsaturated/α-hetero) is 2.